The van der Waals surface area contributed by atoms with Crippen molar-refractivity contribution in [2.24, 2.45) is 0 Å². The van der Waals surface area contributed by atoms with E-state index < -0.39 is 18.4 Å². The summed E-state index contributed by atoms with van der Waals surface area (Å²) in [6.07, 6.45) is 8.87. The minimum absolute atomic E-state index is 0.112. The molecule has 0 aliphatic heterocycles. The first-order valence-corrected chi connectivity index (χ1v) is 15.0. The molecular weight excluding hydrogens is 536 g/mol. The molecule has 228 valence electrons. The molecule has 6 heteroatoms. The molecule has 0 fully saturated rings. The average molecular weight is 583 g/mol. The zero-order chi connectivity index (χ0) is 31.1. The number of allylic oxidation sites excluding steroid dienone is 8. The van der Waals surface area contributed by atoms with Gasteiger partial charge in [0.05, 0.1) is 6.42 Å². The van der Waals surface area contributed by atoms with E-state index >= 15 is 4.39 Å². The van der Waals surface area contributed by atoms with E-state index in [1.807, 2.05) is 19.1 Å². The van der Waals surface area contributed by atoms with Gasteiger partial charge in [0.15, 0.2) is 0 Å². The molecule has 3 N–H and O–H groups in total. The zero-order valence-electron chi connectivity index (χ0n) is 25.6. The Kier molecular flexibility index (Phi) is 14.4. The number of nitrogen functional groups attached to an aromatic ring is 1. The first-order valence-electron chi connectivity index (χ1n) is 15.0. The summed E-state index contributed by atoms with van der Waals surface area (Å²) in [5, 5.41) is 3.62. The third kappa shape index (κ3) is 10.7. The van der Waals surface area contributed by atoms with Gasteiger partial charge in [-0.3, -0.25) is 0 Å². The summed E-state index contributed by atoms with van der Waals surface area (Å²) in [6, 6.07) is 13.7. The second kappa shape index (κ2) is 17.4. The SMILES string of the molecule is C/C=C(\C=C/C(=C/CCC)NC(CC)CCC)C(=C(/CC(F)(F)F)c1ccccc1)/c1ccc(N)c(/C(F)=C/CC)c1. The van der Waals surface area contributed by atoms with Gasteiger partial charge in [-0.25, -0.2) is 4.39 Å². The van der Waals surface area contributed by atoms with Gasteiger partial charge in [-0.1, -0.05) is 95.2 Å². The largest absolute Gasteiger partial charge is 0.398 e. The van der Waals surface area contributed by atoms with Crippen molar-refractivity contribution in [1.82, 2.24) is 5.32 Å². The lowest BCUT2D eigenvalue weighted by Crippen LogP contribution is -2.27. The van der Waals surface area contributed by atoms with Gasteiger partial charge in [0, 0.05) is 23.0 Å². The van der Waals surface area contributed by atoms with E-state index in [4.69, 9.17) is 5.73 Å². The molecule has 0 aromatic heterocycles. The van der Waals surface area contributed by atoms with Crippen LogP contribution in [-0.4, -0.2) is 12.2 Å². The Balaban J connectivity index is 2.86. The number of anilines is 1. The lowest BCUT2D eigenvalue weighted by molar-refractivity contribution is -0.122. The van der Waals surface area contributed by atoms with Crippen LogP contribution < -0.4 is 11.1 Å². The predicted molar refractivity (Wildman–Crippen MR) is 172 cm³/mol. The highest BCUT2D eigenvalue weighted by atomic mass is 19.4. The molecule has 2 aromatic rings. The van der Waals surface area contributed by atoms with Gasteiger partial charge < -0.3 is 11.1 Å². The summed E-state index contributed by atoms with van der Waals surface area (Å²) >= 11 is 0. The van der Waals surface area contributed by atoms with Crippen LogP contribution in [-0.2, 0) is 0 Å². The van der Waals surface area contributed by atoms with Crippen LogP contribution in [0.1, 0.15) is 96.3 Å². The van der Waals surface area contributed by atoms with Gasteiger partial charge in [-0.2, -0.15) is 13.2 Å². The lowest BCUT2D eigenvalue weighted by Gasteiger charge is -2.21. The molecule has 0 saturated carbocycles. The zero-order valence-corrected chi connectivity index (χ0v) is 25.6. The number of halogens is 4. The molecule has 0 bridgehead atoms. The number of hydrogen-bond donors (Lipinski definition) is 2. The van der Waals surface area contributed by atoms with Gasteiger partial charge in [-0.05, 0) is 84.7 Å². The fourth-order valence-electron chi connectivity index (χ4n) is 4.84. The van der Waals surface area contributed by atoms with Crippen LogP contribution in [0.4, 0.5) is 23.2 Å². The lowest BCUT2D eigenvalue weighted by atomic mass is 9.86. The Labute approximate surface area is 249 Å². The highest BCUT2D eigenvalue weighted by molar-refractivity contribution is 6.00. The van der Waals surface area contributed by atoms with Crippen LogP contribution in [0.15, 0.2) is 90.2 Å². The Morgan fingerprint density at radius 1 is 0.929 bits per heavy atom. The molecule has 0 amide bonds. The normalized spacial score (nSPS) is 14.7. The summed E-state index contributed by atoms with van der Waals surface area (Å²) in [6.45, 7) is 10.0. The molecule has 1 atom stereocenters. The van der Waals surface area contributed by atoms with Crippen molar-refractivity contribution in [3.05, 3.63) is 107 Å². The first kappa shape index (κ1) is 34.7. The quantitative estimate of drug-likeness (QED) is 0.0949. The fourth-order valence-corrected chi connectivity index (χ4v) is 4.84. The van der Waals surface area contributed by atoms with Gasteiger partial charge in [-0.15, -0.1) is 0 Å². The van der Waals surface area contributed by atoms with E-state index in [9.17, 15) is 13.2 Å². The molecule has 0 aliphatic rings. The van der Waals surface area contributed by atoms with Crippen molar-refractivity contribution in [3.8, 4) is 0 Å². The Morgan fingerprint density at radius 2 is 1.64 bits per heavy atom. The molecule has 2 nitrogen and oxygen atoms in total. The number of unbranched alkanes of at least 4 members (excludes halogenated alkanes) is 1. The standard InChI is InChI=1S/C36H46F4N2/c1-6-11-19-30(42-29(10-5)15-7-2)22-20-26(9-4)35(28-21-23-34(41)31(24-28)33(37)16-8-3)32(25-36(38,39)40)27-17-13-12-14-18-27/h9,12-14,16-24,29,42H,6-8,10-11,15,25,41H2,1-5H3/b22-20-,26-9+,30-19-,33-16-,35-32+. The van der Waals surface area contributed by atoms with Crippen molar-refractivity contribution in [1.29, 1.82) is 0 Å². The number of nitrogens with two attached hydrogens (primary N) is 1. The van der Waals surface area contributed by atoms with Gasteiger partial charge >= 0.3 is 6.18 Å². The van der Waals surface area contributed by atoms with E-state index in [2.05, 4.69) is 32.2 Å². The number of hydrogen-bond acceptors (Lipinski definition) is 2. The maximum Gasteiger partial charge on any atom is 0.393 e. The molecule has 0 saturated heterocycles. The van der Waals surface area contributed by atoms with Crippen LogP contribution in [0, 0.1) is 0 Å². The van der Waals surface area contributed by atoms with Crippen LogP contribution in [0.5, 0.6) is 0 Å². The topological polar surface area (TPSA) is 38.0 Å². The highest BCUT2D eigenvalue weighted by Gasteiger charge is 2.32. The van der Waals surface area contributed by atoms with E-state index in [-0.39, 0.29) is 16.8 Å². The van der Waals surface area contributed by atoms with E-state index in [1.54, 1.807) is 61.5 Å². The van der Waals surface area contributed by atoms with Crippen LogP contribution in [0.25, 0.3) is 17.0 Å². The Morgan fingerprint density at radius 3 is 2.21 bits per heavy atom. The van der Waals surface area contributed by atoms with Crippen LogP contribution in [0.2, 0.25) is 0 Å². The smallest absolute Gasteiger partial charge is 0.393 e. The molecular formula is C36H46F4N2. The van der Waals surface area contributed by atoms with E-state index in [0.717, 1.165) is 37.8 Å². The van der Waals surface area contributed by atoms with Crippen molar-refractivity contribution in [2.45, 2.75) is 91.8 Å². The van der Waals surface area contributed by atoms with Gasteiger partial charge in [0.2, 0.25) is 0 Å². The fraction of sp³-hybridized carbons (Fsp3) is 0.389. The molecule has 0 aliphatic carbocycles. The third-order valence-corrected chi connectivity index (χ3v) is 6.98. The van der Waals surface area contributed by atoms with Crippen molar-refractivity contribution >= 4 is 22.7 Å². The highest BCUT2D eigenvalue weighted by Crippen LogP contribution is 2.41. The van der Waals surface area contributed by atoms with Crippen LogP contribution in [0.3, 0.4) is 0 Å². The monoisotopic (exact) mass is 582 g/mol. The summed E-state index contributed by atoms with van der Waals surface area (Å²) in [4.78, 5) is 0. The molecule has 2 aromatic carbocycles. The van der Waals surface area contributed by atoms with Crippen LogP contribution >= 0.6 is 0 Å². The maximum atomic E-state index is 15.0. The average Bonchev–Trinajstić information content (AvgIpc) is 2.97. The predicted octanol–water partition coefficient (Wildman–Crippen LogP) is 11.2. The molecule has 0 radical (unpaired) electrons. The number of benzene rings is 2. The molecule has 0 heterocycles. The molecule has 2 rings (SSSR count). The van der Waals surface area contributed by atoms with Crippen molar-refractivity contribution in [2.75, 3.05) is 5.73 Å². The summed E-state index contributed by atoms with van der Waals surface area (Å²) in [5.74, 6) is -0.499. The number of alkyl halides is 3. The maximum absolute atomic E-state index is 15.0. The molecule has 0 spiro atoms. The molecule has 42 heavy (non-hydrogen) atoms. The van der Waals surface area contributed by atoms with Gasteiger partial charge in [0.25, 0.3) is 0 Å². The minimum atomic E-state index is -4.47. The van der Waals surface area contributed by atoms with Crippen molar-refractivity contribution in [3.63, 3.8) is 0 Å². The Bertz CT molecular complexity index is 1280. The Hall–Kier alpha value is -3.54. The first-order chi connectivity index (χ1) is 20.1. The number of rotatable bonds is 15. The minimum Gasteiger partial charge on any atom is -0.398 e. The number of nitrogens with one attached hydrogen (secondary N) is 1. The van der Waals surface area contributed by atoms with E-state index in [0.29, 0.717) is 34.7 Å². The summed E-state index contributed by atoms with van der Waals surface area (Å²) in [7, 11) is 0. The second-order valence-electron chi connectivity index (χ2n) is 10.3. The van der Waals surface area contributed by atoms with Gasteiger partial charge in [0.1, 0.15) is 5.83 Å². The summed E-state index contributed by atoms with van der Waals surface area (Å²) < 4.78 is 57.5. The second-order valence-corrected chi connectivity index (χ2v) is 10.3. The van der Waals surface area contributed by atoms with Crippen molar-refractivity contribution < 1.29 is 17.6 Å². The summed E-state index contributed by atoms with van der Waals surface area (Å²) in [5.41, 5.74) is 9.47. The molecule has 1 unspecified atom stereocenters. The van der Waals surface area contributed by atoms with E-state index in [1.165, 1.54) is 6.08 Å². The third-order valence-electron chi connectivity index (χ3n) is 6.98.